The highest BCUT2D eigenvalue weighted by molar-refractivity contribution is 6.03. The Morgan fingerprint density at radius 1 is 1.10 bits per heavy atom. The Kier molecular flexibility index (Phi) is 3.18. The summed E-state index contributed by atoms with van der Waals surface area (Å²) in [5.74, 6) is 0.00251. The normalized spacial score (nSPS) is 17.1. The molecule has 102 valence electrons. The van der Waals surface area contributed by atoms with Crippen molar-refractivity contribution in [3.05, 3.63) is 64.7 Å². The molecule has 0 spiro atoms. The van der Waals surface area contributed by atoms with Crippen LogP contribution in [0.5, 0.6) is 0 Å². The predicted octanol–water partition coefficient (Wildman–Crippen LogP) is 3.41. The summed E-state index contributed by atoms with van der Waals surface area (Å²) in [5.41, 5.74) is 5.03. The largest absolute Gasteiger partial charge is 0.361 e. The lowest BCUT2D eigenvalue weighted by molar-refractivity contribution is 0.0934. The van der Waals surface area contributed by atoms with E-state index in [1.54, 1.807) is 0 Å². The SMILES string of the molecule is CCc1cccc2c1C(=O)NC(c1cccc(C)c1)N2. The first-order valence-corrected chi connectivity index (χ1v) is 6.95. The quantitative estimate of drug-likeness (QED) is 0.874. The van der Waals surface area contributed by atoms with Crippen molar-refractivity contribution in [1.29, 1.82) is 0 Å². The lowest BCUT2D eigenvalue weighted by Gasteiger charge is -2.29. The van der Waals surface area contributed by atoms with Crippen molar-refractivity contribution in [2.45, 2.75) is 26.4 Å². The van der Waals surface area contributed by atoms with E-state index in [0.29, 0.717) is 0 Å². The molecule has 3 rings (SSSR count). The molecule has 1 amide bonds. The predicted molar refractivity (Wildman–Crippen MR) is 80.8 cm³/mol. The van der Waals surface area contributed by atoms with Gasteiger partial charge in [-0.05, 0) is 30.5 Å². The highest BCUT2D eigenvalue weighted by Gasteiger charge is 2.26. The third kappa shape index (κ3) is 2.16. The summed E-state index contributed by atoms with van der Waals surface area (Å²) in [7, 11) is 0. The highest BCUT2D eigenvalue weighted by atomic mass is 16.2. The summed E-state index contributed by atoms with van der Waals surface area (Å²) in [6.45, 7) is 4.12. The smallest absolute Gasteiger partial charge is 0.255 e. The van der Waals surface area contributed by atoms with Gasteiger partial charge in [-0.1, -0.05) is 48.9 Å². The third-order valence-corrected chi connectivity index (χ3v) is 3.71. The molecule has 0 bridgehead atoms. The van der Waals surface area contributed by atoms with E-state index < -0.39 is 0 Å². The molecule has 3 heteroatoms. The zero-order chi connectivity index (χ0) is 14.1. The molecule has 1 unspecified atom stereocenters. The van der Waals surface area contributed by atoms with Crippen LogP contribution in [0.3, 0.4) is 0 Å². The van der Waals surface area contributed by atoms with Crippen molar-refractivity contribution in [2.24, 2.45) is 0 Å². The van der Waals surface area contributed by atoms with Crippen molar-refractivity contribution < 1.29 is 4.79 Å². The van der Waals surface area contributed by atoms with Crippen molar-refractivity contribution in [2.75, 3.05) is 5.32 Å². The lowest BCUT2D eigenvalue weighted by Crippen LogP contribution is -2.39. The molecule has 0 aliphatic carbocycles. The van der Waals surface area contributed by atoms with Crippen molar-refractivity contribution in [3.63, 3.8) is 0 Å². The minimum atomic E-state index is -0.165. The summed E-state index contributed by atoms with van der Waals surface area (Å²) >= 11 is 0. The zero-order valence-electron chi connectivity index (χ0n) is 11.7. The molecule has 3 nitrogen and oxygen atoms in total. The molecule has 2 aromatic rings. The molecule has 1 aliphatic heterocycles. The van der Waals surface area contributed by atoms with Crippen LogP contribution in [0, 0.1) is 6.92 Å². The van der Waals surface area contributed by atoms with Crippen LogP contribution < -0.4 is 10.6 Å². The maximum absolute atomic E-state index is 12.4. The minimum absolute atomic E-state index is 0.00251. The molecule has 0 saturated carbocycles. The number of fused-ring (bicyclic) bond motifs is 1. The minimum Gasteiger partial charge on any atom is -0.361 e. The Balaban J connectivity index is 1.99. The van der Waals surface area contributed by atoms with Crippen LogP contribution in [0.1, 0.15) is 40.1 Å². The van der Waals surface area contributed by atoms with Crippen LogP contribution in [0.15, 0.2) is 42.5 Å². The van der Waals surface area contributed by atoms with Gasteiger partial charge in [0.25, 0.3) is 5.91 Å². The van der Waals surface area contributed by atoms with E-state index in [1.165, 1.54) is 5.56 Å². The number of carbonyl (C=O) groups is 1. The second kappa shape index (κ2) is 5.00. The Hall–Kier alpha value is -2.29. The molecule has 1 heterocycles. The van der Waals surface area contributed by atoms with E-state index in [0.717, 1.165) is 28.8 Å². The molecule has 0 aromatic heterocycles. The van der Waals surface area contributed by atoms with Gasteiger partial charge < -0.3 is 10.6 Å². The molecule has 2 N–H and O–H groups in total. The lowest BCUT2D eigenvalue weighted by atomic mass is 9.98. The number of rotatable bonds is 2. The van der Waals surface area contributed by atoms with E-state index in [4.69, 9.17) is 0 Å². The fraction of sp³-hybridized carbons (Fsp3) is 0.235. The van der Waals surface area contributed by atoms with Gasteiger partial charge in [0.05, 0.1) is 5.56 Å². The van der Waals surface area contributed by atoms with E-state index in [9.17, 15) is 4.79 Å². The maximum Gasteiger partial charge on any atom is 0.255 e. The zero-order valence-corrected chi connectivity index (χ0v) is 11.7. The molecule has 0 radical (unpaired) electrons. The van der Waals surface area contributed by atoms with Gasteiger partial charge in [0.1, 0.15) is 6.17 Å². The molecule has 0 fully saturated rings. The van der Waals surface area contributed by atoms with Crippen molar-refractivity contribution in [1.82, 2.24) is 5.32 Å². The van der Waals surface area contributed by atoms with Gasteiger partial charge in [-0.25, -0.2) is 0 Å². The van der Waals surface area contributed by atoms with Crippen LogP contribution in [0.4, 0.5) is 5.69 Å². The van der Waals surface area contributed by atoms with Gasteiger partial charge in [0.15, 0.2) is 0 Å². The number of hydrogen-bond donors (Lipinski definition) is 2. The second-order valence-corrected chi connectivity index (χ2v) is 5.16. The number of benzene rings is 2. The van der Waals surface area contributed by atoms with Gasteiger partial charge in [-0.15, -0.1) is 0 Å². The van der Waals surface area contributed by atoms with E-state index in [2.05, 4.69) is 36.6 Å². The fourth-order valence-corrected chi connectivity index (χ4v) is 2.69. The monoisotopic (exact) mass is 266 g/mol. The summed E-state index contributed by atoms with van der Waals surface area (Å²) in [5, 5.41) is 6.45. The second-order valence-electron chi connectivity index (χ2n) is 5.16. The van der Waals surface area contributed by atoms with Gasteiger partial charge in [0, 0.05) is 5.69 Å². The Bertz CT molecular complexity index is 664. The van der Waals surface area contributed by atoms with Crippen LogP contribution in [0.25, 0.3) is 0 Å². The van der Waals surface area contributed by atoms with E-state index in [1.807, 2.05) is 30.3 Å². The van der Waals surface area contributed by atoms with E-state index >= 15 is 0 Å². The first kappa shape index (κ1) is 12.7. The summed E-state index contributed by atoms with van der Waals surface area (Å²) < 4.78 is 0. The number of nitrogens with one attached hydrogen (secondary N) is 2. The van der Waals surface area contributed by atoms with Crippen LogP contribution in [0.2, 0.25) is 0 Å². The number of amides is 1. The average Bonchev–Trinajstić information content (AvgIpc) is 2.46. The van der Waals surface area contributed by atoms with E-state index in [-0.39, 0.29) is 12.1 Å². The Labute approximate surface area is 119 Å². The molecule has 1 atom stereocenters. The maximum atomic E-state index is 12.4. The summed E-state index contributed by atoms with van der Waals surface area (Å²) in [6.07, 6.45) is 0.690. The molecule has 1 aliphatic rings. The highest BCUT2D eigenvalue weighted by Crippen LogP contribution is 2.29. The number of anilines is 1. The van der Waals surface area contributed by atoms with Crippen molar-refractivity contribution in [3.8, 4) is 0 Å². The number of hydrogen-bond acceptors (Lipinski definition) is 2. The van der Waals surface area contributed by atoms with Gasteiger partial charge in [-0.2, -0.15) is 0 Å². The first-order chi connectivity index (χ1) is 9.69. The molecular formula is C17H18N2O. The van der Waals surface area contributed by atoms with Crippen LogP contribution in [-0.4, -0.2) is 5.91 Å². The molecule has 0 saturated heterocycles. The van der Waals surface area contributed by atoms with Crippen molar-refractivity contribution >= 4 is 11.6 Å². The topological polar surface area (TPSA) is 41.1 Å². The molecular weight excluding hydrogens is 248 g/mol. The first-order valence-electron chi connectivity index (χ1n) is 6.95. The summed E-state index contributed by atoms with van der Waals surface area (Å²) in [4.78, 5) is 12.4. The average molecular weight is 266 g/mol. The van der Waals surface area contributed by atoms with Gasteiger partial charge in [0.2, 0.25) is 0 Å². The number of aryl methyl sites for hydroxylation is 2. The number of carbonyl (C=O) groups excluding carboxylic acids is 1. The summed E-state index contributed by atoms with van der Waals surface area (Å²) in [6, 6.07) is 14.2. The van der Waals surface area contributed by atoms with Crippen LogP contribution >= 0.6 is 0 Å². The van der Waals surface area contributed by atoms with Gasteiger partial charge >= 0.3 is 0 Å². The molecule has 2 aromatic carbocycles. The molecule has 20 heavy (non-hydrogen) atoms. The Morgan fingerprint density at radius 3 is 2.65 bits per heavy atom. The fourth-order valence-electron chi connectivity index (χ4n) is 2.69. The Morgan fingerprint density at radius 2 is 1.90 bits per heavy atom. The van der Waals surface area contributed by atoms with Gasteiger partial charge in [-0.3, -0.25) is 4.79 Å². The third-order valence-electron chi connectivity index (χ3n) is 3.71. The standard InChI is InChI=1S/C17H18N2O/c1-3-12-7-5-9-14-15(12)17(20)19-16(18-14)13-8-4-6-11(2)10-13/h4-10,16,18H,3H2,1-2H3,(H,19,20). The van der Waals surface area contributed by atoms with Crippen LogP contribution in [-0.2, 0) is 6.42 Å².